The Morgan fingerprint density at radius 2 is 1.95 bits per heavy atom. The van der Waals surface area contributed by atoms with Crippen molar-refractivity contribution >= 4 is 17.4 Å². The van der Waals surface area contributed by atoms with E-state index >= 15 is 0 Å². The van der Waals surface area contributed by atoms with Crippen LogP contribution in [0.25, 0.3) is 0 Å². The first-order valence-electron chi connectivity index (χ1n) is 8.15. The van der Waals surface area contributed by atoms with Gasteiger partial charge < -0.3 is 20.6 Å². The van der Waals surface area contributed by atoms with E-state index in [1.54, 1.807) is 0 Å². The Labute approximate surface area is 132 Å². The van der Waals surface area contributed by atoms with Crippen molar-refractivity contribution in [2.45, 2.75) is 39.2 Å². The molecule has 0 aromatic heterocycles. The predicted octanol–water partition coefficient (Wildman–Crippen LogP) is 2.82. The van der Waals surface area contributed by atoms with Crippen LogP contribution in [0.2, 0.25) is 0 Å². The second-order valence-corrected chi connectivity index (χ2v) is 6.19. The van der Waals surface area contributed by atoms with E-state index in [0.717, 1.165) is 24.5 Å². The number of carbonyl (C=O) groups is 1. The molecule has 0 radical (unpaired) electrons. The summed E-state index contributed by atoms with van der Waals surface area (Å²) in [6.07, 6.45) is 2.59. The highest BCUT2D eigenvalue weighted by atomic mass is 16.3. The number of rotatable bonds is 6. The van der Waals surface area contributed by atoms with Crippen molar-refractivity contribution in [2.75, 3.05) is 29.9 Å². The predicted molar refractivity (Wildman–Crippen MR) is 90.4 cm³/mol. The molecule has 1 atom stereocenters. The van der Waals surface area contributed by atoms with Gasteiger partial charge in [0.15, 0.2) is 0 Å². The van der Waals surface area contributed by atoms with Gasteiger partial charge in [-0.15, -0.1) is 0 Å². The standard InChI is InChI=1S/C17H27N3O2/c1-13(2)16(21)9-10-18-17(22)19-14-7-3-4-8-15(14)20-11-5-6-12-20/h3-4,7-8,13,16,21H,5-6,9-12H2,1-2H3,(H2,18,19,22). The van der Waals surface area contributed by atoms with Gasteiger partial charge in [-0.1, -0.05) is 26.0 Å². The maximum atomic E-state index is 12.0. The van der Waals surface area contributed by atoms with Crippen LogP contribution in [-0.4, -0.2) is 36.9 Å². The normalized spacial score (nSPS) is 15.9. The fourth-order valence-corrected chi connectivity index (χ4v) is 2.65. The van der Waals surface area contributed by atoms with Gasteiger partial charge in [0.2, 0.25) is 0 Å². The molecule has 122 valence electrons. The van der Waals surface area contributed by atoms with Crippen LogP contribution in [-0.2, 0) is 0 Å². The molecule has 1 aromatic carbocycles. The van der Waals surface area contributed by atoms with E-state index < -0.39 is 0 Å². The summed E-state index contributed by atoms with van der Waals surface area (Å²) in [5, 5.41) is 15.5. The summed E-state index contributed by atoms with van der Waals surface area (Å²) in [6, 6.07) is 7.68. The van der Waals surface area contributed by atoms with E-state index in [1.165, 1.54) is 12.8 Å². The van der Waals surface area contributed by atoms with Crippen molar-refractivity contribution in [2.24, 2.45) is 5.92 Å². The first-order valence-corrected chi connectivity index (χ1v) is 8.15. The van der Waals surface area contributed by atoms with Crippen molar-refractivity contribution in [3.05, 3.63) is 24.3 Å². The van der Waals surface area contributed by atoms with E-state index in [2.05, 4.69) is 15.5 Å². The number of anilines is 2. The highest BCUT2D eigenvalue weighted by Crippen LogP contribution is 2.28. The second-order valence-electron chi connectivity index (χ2n) is 6.19. The van der Waals surface area contributed by atoms with Crippen LogP contribution < -0.4 is 15.5 Å². The lowest BCUT2D eigenvalue weighted by molar-refractivity contribution is 0.117. The van der Waals surface area contributed by atoms with Gasteiger partial charge in [-0.25, -0.2) is 4.79 Å². The van der Waals surface area contributed by atoms with Crippen LogP contribution in [0.1, 0.15) is 33.1 Å². The Kier molecular flexibility index (Phi) is 6.07. The first kappa shape index (κ1) is 16.6. The first-order chi connectivity index (χ1) is 10.6. The molecule has 2 rings (SSSR count). The monoisotopic (exact) mass is 305 g/mol. The Morgan fingerprint density at radius 1 is 1.27 bits per heavy atom. The average Bonchev–Trinajstić information content (AvgIpc) is 3.01. The number of carbonyl (C=O) groups excluding carboxylic acids is 1. The molecule has 3 N–H and O–H groups in total. The van der Waals surface area contributed by atoms with Crippen molar-refractivity contribution in [3.63, 3.8) is 0 Å². The maximum absolute atomic E-state index is 12.0. The molecule has 1 heterocycles. The number of urea groups is 1. The lowest BCUT2D eigenvalue weighted by atomic mass is 10.0. The lowest BCUT2D eigenvalue weighted by Crippen LogP contribution is -2.32. The van der Waals surface area contributed by atoms with E-state index in [4.69, 9.17) is 0 Å². The molecule has 1 unspecified atom stereocenters. The Morgan fingerprint density at radius 3 is 2.64 bits per heavy atom. The summed E-state index contributed by atoms with van der Waals surface area (Å²) in [6.45, 7) is 6.49. The number of aliphatic hydroxyl groups excluding tert-OH is 1. The molecule has 0 spiro atoms. The molecule has 2 amide bonds. The van der Waals surface area contributed by atoms with Crippen LogP contribution in [0.3, 0.4) is 0 Å². The minimum Gasteiger partial charge on any atom is -0.393 e. The topological polar surface area (TPSA) is 64.6 Å². The number of hydrogen-bond donors (Lipinski definition) is 3. The van der Waals surface area contributed by atoms with Crippen molar-refractivity contribution < 1.29 is 9.90 Å². The van der Waals surface area contributed by atoms with Crippen molar-refractivity contribution in [1.29, 1.82) is 0 Å². The number of aliphatic hydroxyl groups is 1. The van der Waals surface area contributed by atoms with Gasteiger partial charge in [0.1, 0.15) is 0 Å². The van der Waals surface area contributed by atoms with Crippen LogP contribution in [0.15, 0.2) is 24.3 Å². The van der Waals surface area contributed by atoms with Gasteiger partial charge in [-0.3, -0.25) is 0 Å². The Bertz CT molecular complexity index is 485. The number of nitrogens with zero attached hydrogens (tertiary/aromatic N) is 1. The van der Waals surface area contributed by atoms with Gasteiger partial charge >= 0.3 is 6.03 Å². The van der Waals surface area contributed by atoms with Crippen molar-refractivity contribution in [3.8, 4) is 0 Å². The van der Waals surface area contributed by atoms with Gasteiger partial charge in [0.05, 0.1) is 17.5 Å². The molecular formula is C17H27N3O2. The molecule has 0 saturated carbocycles. The van der Waals surface area contributed by atoms with E-state index in [9.17, 15) is 9.90 Å². The third-order valence-electron chi connectivity index (χ3n) is 4.09. The van der Waals surface area contributed by atoms with Crippen LogP contribution in [0.4, 0.5) is 16.2 Å². The van der Waals surface area contributed by atoms with Crippen LogP contribution in [0, 0.1) is 5.92 Å². The van der Waals surface area contributed by atoms with Crippen LogP contribution in [0.5, 0.6) is 0 Å². The molecule has 0 bridgehead atoms. The molecule has 1 aliphatic heterocycles. The van der Waals surface area contributed by atoms with Crippen LogP contribution >= 0.6 is 0 Å². The second kappa shape index (κ2) is 8.03. The van der Waals surface area contributed by atoms with E-state index in [1.807, 2.05) is 38.1 Å². The number of para-hydroxylation sites is 2. The third kappa shape index (κ3) is 4.63. The van der Waals surface area contributed by atoms with Gasteiger partial charge in [0.25, 0.3) is 0 Å². The number of hydrogen-bond acceptors (Lipinski definition) is 3. The summed E-state index contributed by atoms with van der Waals surface area (Å²) in [7, 11) is 0. The fourth-order valence-electron chi connectivity index (χ4n) is 2.65. The molecule has 0 aliphatic carbocycles. The van der Waals surface area contributed by atoms with Gasteiger partial charge in [-0.05, 0) is 37.3 Å². The molecule has 1 saturated heterocycles. The molecule has 1 aromatic rings. The quantitative estimate of drug-likeness (QED) is 0.757. The summed E-state index contributed by atoms with van der Waals surface area (Å²) in [5.41, 5.74) is 1.92. The SMILES string of the molecule is CC(C)C(O)CCNC(=O)Nc1ccccc1N1CCCC1. The maximum Gasteiger partial charge on any atom is 0.319 e. The summed E-state index contributed by atoms with van der Waals surface area (Å²) < 4.78 is 0. The third-order valence-corrected chi connectivity index (χ3v) is 4.09. The Balaban J connectivity index is 1.86. The summed E-state index contributed by atoms with van der Waals surface area (Å²) >= 11 is 0. The average molecular weight is 305 g/mol. The molecule has 22 heavy (non-hydrogen) atoms. The summed E-state index contributed by atoms with van der Waals surface area (Å²) in [4.78, 5) is 14.3. The zero-order valence-corrected chi connectivity index (χ0v) is 13.5. The number of benzene rings is 1. The summed E-state index contributed by atoms with van der Waals surface area (Å²) in [5.74, 6) is 0.209. The minimum atomic E-state index is -0.378. The largest absolute Gasteiger partial charge is 0.393 e. The number of amides is 2. The smallest absolute Gasteiger partial charge is 0.319 e. The molecule has 1 fully saturated rings. The Hall–Kier alpha value is -1.75. The highest BCUT2D eigenvalue weighted by Gasteiger charge is 2.16. The molecule has 5 heteroatoms. The van der Waals surface area contributed by atoms with E-state index in [0.29, 0.717) is 13.0 Å². The molecule has 5 nitrogen and oxygen atoms in total. The lowest BCUT2D eigenvalue weighted by Gasteiger charge is -2.21. The minimum absolute atomic E-state index is 0.209. The zero-order valence-electron chi connectivity index (χ0n) is 13.5. The molecular weight excluding hydrogens is 278 g/mol. The molecule has 1 aliphatic rings. The van der Waals surface area contributed by atoms with E-state index in [-0.39, 0.29) is 18.1 Å². The van der Waals surface area contributed by atoms with Gasteiger partial charge in [0, 0.05) is 19.6 Å². The fraction of sp³-hybridized carbons (Fsp3) is 0.588. The zero-order chi connectivity index (χ0) is 15.9. The van der Waals surface area contributed by atoms with Crippen molar-refractivity contribution in [1.82, 2.24) is 5.32 Å². The van der Waals surface area contributed by atoms with Gasteiger partial charge in [-0.2, -0.15) is 0 Å². The highest BCUT2D eigenvalue weighted by molar-refractivity contribution is 5.93. The number of nitrogens with one attached hydrogen (secondary N) is 2.